The number of piperazine rings is 1. The number of anilines is 2. The molecule has 7 nitrogen and oxygen atoms in total. The fraction of sp³-hybridized carbons (Fsp3) is 0.421. The van der Waals surface area contributed by atoms with Gasteiger partial charge < -0.3 is 19.4 Å². The van der Waals surface area contributed by atoms with Gasteiger partial charge in [0, 0.05) is 46.3 Å². The third-order valence-corrected chi connectivity index (χ3v) is 4.54. The molecule has 2 aromatic rings. The smallest absolute Gasteiger partial charge is 0.260 e. The van der Waals surface area contributed by atoms with Crippen LogP contribution in [0.1, 0.15) is 5.56 Å². The van der Waals surface area contributed by atoms with Gasteiger partial charge in [0.2, 0.25) is 0 Å². The molecule has 1 aromatic carbocycles. The normalized spacial score (nSPS) is 14.3. The molecular weight excluding hydrogens is 330 g/mol. The number of aromatic nitrogens is 2. The first kappa shape index (κ1) is 18.0. The van der Waals surface area contributed by atoms with Crippen LogP contribution in [0.5, 0.6) is 5.75 Å². The number of rotatable bonds is 5. The molecule has 0 N–H and O–H groups in total. The number of nitrogens with zero attached hydrogens (tertiary/aromatic N) is 5. The maximum Gasteiger partial charge on any atom is 0.260 e. The van der Waals surface area contributed by atoms with Crippen LogP contribution in [0.2, 0.25) is 0 Å². The Morgan fingerprint density at radius 3 is 2.62 bits per heavy atom. The van der Waals surface area contributed by atoms with E-state index >= 15 is 0 Å². The lowest BCUT2D eigenvalue weighted by molar-refractivity contribution is -0.133. The highest BCUT2D eigenvalue weighted by Gasteiger charge is 2.22. The van der Waals surface area contributed by atoms with Crippen LogP contribution in [0.4, 0.5) is 11.5 Å². The number of ether oxygens (including phenoxy) is 1. The van der Waals surface area contributed by atoms with Gasteiger partial charge in [-0.25, -0.2) is 0 Å². The zero-order chi connectivity index (χ0) is 18.5. The number of hydrogen-bond acceptors (Lipinski definition) is 6. The van der Waals surface area contributed by atoms with E-state index in [0.717, 1.165) is 35.9 Å². The molecule has 0 saturated carbocycles. The second-order valence-electron chi connectivity index (χ2n) is 6.59. The predicted molar refractivity (Wildman–Crippen MR) is 102 cm³/mol. The van der Waals surface area contributed by atoms with Crippen molar-refractivity contribution in [2.45, 2.75) is 6.92 Å². The molecule has 3 rings (SSSR count). The Morgan fingerprint density at radius 2 is 1.92 bits per heavy atom. The molecule has 1 fully saturated rings. The van der Waals surface area contributed by atoms with Crippen LogP contribution < -0.4 is 14.5 Å². The topological polar surface area (TPSA) is 61.8 Å². The monoisotopic (exact) mass is 355 g/mol. The van der Waals surface area contributed by atoms with Crippen LogP contribution in [-0.2, 0) is 4.79 Å². The summed E-state index contributed by atoms with van der Waals surface area (Å²) < 4.78 is 5.67. The van der Waals surface area contributed by atoms with Crippen molar-refractivity contribution >= 4 is 17.4 Å². The molecule has 1 saturated heterocycles. The largest absolute Gasteiger partial charge is 0.484 e. The van der Waals surface area contributed by atoms with E-state index in [4.69, 9.17) is 4.74 Å². The van der Waals surface area contributed by atoms with Crippen LogP contribution in [0.25, 0.3) is 0 Å². The number of aryl methyl sites for hydroxylation is 1. The first-order chi connectivity index (χ1) is 12.5. The molecule has 26 heavy (non-hydrogen) atoms. The van der Waals surface area contributed by atoms with E-state index in [1.54, 1.807) is 6.20 Å². The zero-order valence-corrected chi connectivity index (χ0v) is 15.6. The molecular formula is C19H25N5O2. The summed E-state index contributed by atoms with van der Waals surface area (Å²) in [6.07, 6.45) is 1.74. The highest BCUT2D eigenvalue weighted by molar-refractivity contribution is 5.78. The fourth-order valence-corrected chi connectivity index (χ4v) is 2.88. The van der Waals surface area contributed by atoms with Crippen molar-refractivity contribution in [1.29, 1.82) is 0 Å². The number of amides is 1. The van der Waals surface area contributed by atoms with Gasteiger partial charge in [0.15, 0.2) is 12.4 Å². The molecule has 1 aliphatic heterocycles. The van der Waals surface area contributed by atoms with Crippen molar-refractivity contribution in [3.8, 4) is 5.75 Å². The predicted octanol–water partition coefficient (Wildman–Crippen LogP) is 1.58. The van der Waals surface area contributed by atoms with E-state index in [-0.39, 0.29) is 12.5 Å². The van der Waals surface area contributed by atoms with Crippen LogP contribution >= 0.6 is 0 Å². The number of carbonyl (C=O) groups is 1. The molecule has 0 aliphatic carbocycles. The Labute approximate surface area is 154 Å². The van der Waals surface area contributed by atoms with Gasteiger partial charge >= 0.3 is 0 Å². The van der Waals surface area contributed by atoms with Crippen molar-refractivity contribution in [3.05, 3.63) is 42.1 Å². The Hall–Kier alpha value is -2.83. The molecule has 0 unspecified atom stereocenters. The summed E-state index contributed by atoms with van der Waals surface area (Å²) in [5.41, 5.74) is 2.05. The summed E-state index contributed by atoms with van der Waals surface area (Å²) in [6, 6.07) is 9.75. The van der Waals surface area contributed by atoms with Crippen LogP contribution in [0.3, 0.4) is 0 Å². The summed E-state index contributed by atoms with van der Waals surface area (Å²) in [5, 5.41) is 8.29. The Balaban J connectivity index is 1.52. The molecule has 2 heterocycles. The maximum absolute atomic E-state index is 12.4. The van der Waals surface area contributed by atoms with Crippen LogP contribution in [0.15, 0.2) is 36.5 Å². The van der Waals surface area contributed by atoms with Gasteiger partial charge in [-0.1, -0.05) is 18.2 Å². The first-order valence-corrected chi connectivity index (χ1v) is 8.76. The Bertz CT molecular complexity index is 757. The number of carbonyl (C=O) groups excluding carboxylic acids is 1. The summed E-state index contributed by atoms with van der Waals surface area (Å²) >= 11 is 0. The van der Waals surface area contributed by atoms with Gasteiger partial charge in [0.1, 0.15) is 5.75 Å². The lowest BCUT2D eigenvalue weighted by Gasteiger charge is -2.35. The van der Waals surface area contributed by atoms with Crippen molar-refractivity contribution in [3.63, 3.8) is 0 Å². The van der Waals surface area contributed by atoms with Gasteiger partial charge in [-0.2, -0.15) is 5.10 Å². The van der Waals surface area contributed by atoms with Gasteiger partial charge in [0.25, 0.3) is 5.91 Å². The van der Waals surface area contributed by atoms with E-state index < -0.39 is 0 Å². The van der Waals surface area contributed by atoms with Crippen molar-refractivity contribution in [2.24, 2.45) is 0 Å². The molecule has 0 radical (unpaired) electrons. The summed E-state index contributed by atoms with van der Waals surface area (Å²) in [4.78, 5) is 18.4. The Morgan fingerprint density at radius 1 is 1.19 bits per heavy atom. The standard InChI is InChI=1S/C19H25N5O2/c1-15-6-4-5-7-17(15)26-14-19(25)24-10-8-23(9-11-24)18-12-16(22(2)3)13-20-21-18/h4-7,12-13H,8-11,14H2,1-3H3. The molecule has 7 heteroatoms. The van der Waals surface area contributed by atoms with Gasteiger partial charge in [-0.3, -0.25) is 4.79 Å². The molecule has 0 atom stereocenters. The highest BCUT2D eigenvalue weighted by atomic mass is 16.5. The lowest BCUT2D eigenvalue weighted by Crippen LogP contribution is -2.50. The van der Waals surface area contributed by atoms with Crippen molar-refractivity contribution in [2.75, 3.05) is 56.7 Å². The SMILES string of the molecule is Cc1ccccc1OCC(=O)N1CCN(c2cc(N(C)C)cnn2)CC1. The average Bonchev–Trinajstić information content (AvgIpc) is 2.67. The van der Waals surface area contributed by atoms with E-state index in [9.17, 15) is 4.79 Å². The van der Waals surface area contributed by atoms with Gasteiger partial charge in [-0.15, -0.1) is 5.10 Å². The zero-order valence-electron chi connectivity index (χ0n) is 15.6. The average molecular weight is 355 g/mol. The van der Waals surface area contributed by atoms with Crippen molar-refractivity contribution < 1.29 is 9.53 Å². The minimum Gasteiger partial charge on any atom is -0.484 e. The van der Waals surface area contributed by atoms with Crippen LogP contribution in [-0.4, -0.2) is 67.9 Å². The number of para-hydroxylation sites is 1. The molecule has 0 spiro atoms. The van der Waals surface area contributed by atoms with E-state index in [0.29, 0.717) is 13.1 Å². The van der Waals surface area contributed by atoms with E-state index in [2.05, 4.69) is 15.1 Å². The Kier molecular flexibility index (Phi) is 5.55. The molecule has 1 aliphatic rings. The second-order valence-corrected chi connectivity index (χ2v) is 6.59. The minimum absolute atomic E-state index is 0.0148. The lowest BCUT2D eigenvalue weighted by atomic mass is 10.2. The van der Waals surface area contributed by atoms with E-state index in [1.807, 2.05) is 61.2 Å². The third-order valence-electron chi connectivity index (χ3n) is 4.54. The maximum atomic E-state index is 12.4. The quantitative estimate of drug-likeness (QED) is 0.812. The minimum atomic E-state index is 0.0148. The second kappa shape index (κ2) is 8.03. The third kappa shape index (κ3) is 4.22. The number of benzene rings is 1. The molecule has 1 aromatic heterocycles. The molecule has 138 valence electrons. The van der Waals surface area contributed by atoms with Gasteiger partial charge in [-0.05, 0) is 18.6 Å². The first-order valence-electron chi connectivity index (χ1n) is 8.76. The van der Waals surface area contributed by atoms with Crippen LogP contribution in [0, 0.1) is 6.92 Å². The molecule has 0 bridgehead atoms. The van der Waals surface area contributed by atoms with E-state index in [1.165, 1.54) is 0 Å². The highest BCUT2D eigenvalue weighted by Crippen LogP contribution is 2.19. The summed E-state index contributed by atoms with van der Waals surface area (Å²) in [7, 11) is 3.96. The summed E-state index contributed by atoms with van der Waals surface area (Å²) in [5.74, 6) is 1.62. The summed E-state index contributed by atoms with van der Waals surface area (Å²) in [6.45, 7) is 4.83. The van der Waals surface area contributed by atoms with Crippen molar-refractivity contribution in [1.82, 2.24) is 15.1 Å². The molecule has 1 amide bonds. The number of hydrogen-bond donors (Lipinski definition) is 0. The van der Waals surface area contributed by atoms with Gasteiger partial charge in [0.05, 0.1) is 11.9 Å². The fourth-order valence-electron chi connectivity index (χ4n) is 2.88.